The lowest BCUT2D eigenvalue weighted by atomic mass is 9.96. The van der Waals surface area contributed by atoms with E-state index >= 15 is 0 Å². The van der Waals surface area contributed by atoms with Gasteiger partial charge in [0.15, 0.2) is 0 Å². The Morgan fingerprint density at radius 1 is 1.03 bits per heavy atom. The lowest BCUT2D eigenvalue weighted by molar-refractivity contribution is -0.123. The zero-order chi connectivity index (χ0) is 23.0. The molecule has 1 amide bonds. The van der Waals surface area contributed by atoms with Crippen LogP contribution in [0.3, 0.4) is 0 Å². The summed E-state index contributed by atoms with van der Waals surface area (Å²) >= 11 is 0. The molecule has 2 aromatic rings. The number of sulfonamides is 1. The van der Waals surface area contributed by atoms with E-state index in [1.165, 1.54) is 26.4 Å². The van der Waals surface area contributed by atoms with Gasteiger partial charge < -0.3 is 10.1 Å². The maximum absolute atomic E-state index is 13.3. The van der Waals surface area contributed by atoms with Crippen molar-refractivity contribution < 1.29 is 17.9 Å². The van der Waals surface area contributed by atoms with Crippen molar-refractivity contribution in [3.8, 4) is 5.75 Å². The third kappa shape index (κ3) is 6.81. The van der Waals surface area contributed by atoms with Crippen LogP contribution in [0.25, 0.3) is 0 Å². The van der Waals surface area contributed by atoms with Crippen LogP contribution in [0.4, 0.5) is 0 Å². The van der Waals surface area contributed by atoms with Crippen molar-refractivity contribution in [2.24, 2.45) is 0 Å². The Morgan fingerprint density at radius 3 is 2.34 bits per heavy atom. The third-order valence-electron chi connectivity index (χ3n) is 5.96. The number of carbonyl (C=O) groups is 1. The number of ether oxygens (including phenoxy) is 1. The number of hydrogen-bond acceptors (Lipinski definition) is 4. The van der Waals surface area contributed by atoms with Crippen LogP contribution in [0.15, 0.2) is 53.4 Å². The second-order valence-electron chi connectivity index (χ2n) is 8.57. The molecule has 1 aliphatic rings. The summed E-state index contributed by atoms with van der Waals surface area (Å²) in [6.45, 7) is 1.82. The fourth-order valence-electron chi connectivity index (χ4n) is 4.18. The van der Waals surface area contributed by atoms with Crippen molar-refractivity contribution in [3.63, 3.8) is 0 Å². The predicted octanol–water partition coefficient (Wildman–Crippen LogP) is 4.12. The van der Waals surface area contributed by atoms with Crippen LogP contribution in [-0.4, -0.2) is 33.5 Å². The van der Waals surface area contributed by atoms with Crippen molar-refractivity contribution in [2.75, 3.05) is 7.11 Å². The lowest BCUT2D eigenvalue weighted by Crippen LogP contribution is -2.50. The second kappa shape index (κ2) is 11.5. The largest absolute Gasteiger partial charge is 0.495 e. The van der Waals surface area contributed by atoms with E-state index in [1.807, 2.05) is 37.3 Å². The summed E-state index contributed by atoms with van der Waals surface area (Å²) in [6.07, 6.45) is 7.91. The molecule has 1 fully saturated rings. The van der Waals surface area contributed by atoms with Crippen molar-refractivity contribution in [1.29, 1.82) is 0 Å². The molecular weight excluding hydrogens is 424 g/mol. The van der Waals surface area contributed by atoms with Crippen molar-refractivity contribution in [3.05, 3.63) is 59.7 Å². The molecule has 32 heavy (non-hydrogen) atoms. The van der Waals surface area contributed by atoms with E-state index in [-0.39, 0.29) is 29.0 Å². The average Bonchev–Trinajstić information content (AvgIpc) is 2.75. The number of benzene rings is 2. The van der Waals surface area contributed by atoms with E-state index in [0.717, 1.165) is 36.8 Å². The molecule has 3 rings (SSSR count). The van der Waals surface area contributed by atoms with E-state index in [0.29, 0.717) is 0 Å². The maximum atomic E-state index is 13.3. The first-order valence-electron chi connectivity index (χ1n) is 11.4. The van der Waals surface area contributed by atoms with Gasteiger partial charge in [-0.2, -0.15) is 4.72 Å². The predicted molar refractivity (Wildman–Crippen MR) is 126 cm³/mol. The molecule has 0 saturated heterocycles. The van der Waals surface area contributed by atoms with Crippen molar-refractivity contribution >= 4 is 15.9 Å². The fraction of sp³-hybridized carbons (Fsp3) is 0.480. The summed E-state index contributed by atoms with van der Waals surface area (Å²) in [5.41, 5.74) is 1.69. The van der Waals surface area contributed by atoms with Gasteiger partial charge in [0.05, 0.1) is 7.11 Å². The van der Waals surface area contributed by atoms with Crippen LogP contribution in [0.1, 0.15) is 56.1 Å². The SMILES string of the molecule is COc1ccc(C)cc1S(=O)(=O)N[C@@H](Cc1ccccc1)C(=O)NC1CCCCCCC1. The summed E-state index contributed by atoms with van der Waals surface area (Å²) in [5.74, 6) is -0.0309. The number of methoxy groups -OCH3 is 1. The molecule has 0 heterocycles. The molecule has 2 aromatic carbocycles. The summed E-state index contributed by atoms with van der Waals surface area (Å²) in [7, 11) is -2.54. The molecule has 174 valence electrons. The van der Waals surface area contributed by atoms with Gasteiger partial charge in [0.2, 0.25) is 15.9 Å². The molecule has 0 aliphatic heterocycles. The highest BCUT2D eigenvalue weighted by Gasteiger charge is 2.29. The standard InChI is InChI=1S/C25H34N2O4S/c1-19-15-16-23(31-2)24(17-19)32(29,30)27-22(18-20-11-7-6-8-12-20)25(28)26-21-13-9-4-3-5-10-14-21/h6-8,11-12,15-17,21-22,27H,3-5,9-10,13-14,18H2,1-2H3,(H,26,28)/t22-/m0/s1. The number of carbonyl (C=O) groups excluding carboxylic acids is 1. The molecule has 0 aromatic heterocycles. The van der Waals surface area contributed by atoms with Gasteiger partial charge in [-0.1, -0.05) is 68.5 Å². The second-order valence-corrected chi connectivity index (χ2v) is 10.3. The monoisotopic (exact) mass is 458 g/mol. The molecule has 7 heteroatoms. The lowest BCUT2D eigenvalue weighted by Gasteiger charge is -2.25. The van der Waals surface area contributed by atoms with Crippen LogP contribution in [-0.2, 0) is 21.2 Å². The van der Waals surface area contributed by atoms with E-state index < -0.39 is 16.1 Å². The molecule has 1 atom stereocenters. The number of aryl methyl sites for hydroxylation is 1. The van der Waals surface area contributed by atoms with Crippen LogP contribution < -0.4 is 14.8 Å². The summed E-state index contributed by atoms with van der Waals surface area (Å²) in [5, 5.41) is 3.12. The molecule has 0 unspecified atom stereocenters. The van der Waals surface area contributed by atoms with Crippen molar-refractivity contribution in [2.45, 2.75) is 75.3 Å². The van der Waals surface area contributed by atoms with Gasteiger partial charge in [-0.05, 0) is 49.4 Å². The highest BCUT2D eigenvalue weighted by Crippen LogP contribution is 2.25. The van der Waals surface area contributed by atoms with Crippen LogP contribution in [0.2, 0.25) is 0 Å². The Bertz CT molecular complexity index is 984. The van der Waals surface area contributed by atoms with Crippen LogP contribution in [0.5, 0.6) is 5.75 Å². The first kappa shape index (κ1) is 24.3. The van der Waals surface area contributed by atoms with Gasteiger partial charge in [-0.3, -0.25) is 4.79 Å². The Kier molecular flexibility index (Phi) is 8.70. The summed E-state index contributed by atoms with van der Waals surface area (Å²) in [4.78, 5) is 13.3. The molecular formula is C25H34N2O4S. The minimum Gasteiger partial charge on any atom is -0.495 e. The van der Waals surface area contributed by atoms with Gasteiger partial charge in [-0.15, -0.1) is 0 Å². The van der Waals surface area contributed by atoms with Crippen LogP contribution in [0, 0.1) is 6.92 Å². The number of hydrogen-bond donors (Lipinski definition) is 2. The molecule has 1 aliphatic carbocycles. The molecule has 0 spiro atoms. The van der Waals surface area contributed by atoms with E-state index in [1.54, 1.807) is 18.2 Å². The Morgan fingerprint density at radius 2 is 1.69 bits per heavy atom. The van der Waals surface area contributed by atoms with Gasteiger partial charge in [0.1, 0.15) is 16.7 Å². The average molecular weight is 459 g/mol. The van der Waals surface area contributed by atoms with E-state index in [2.05, 4.69) is 10.0 Å². The van der Waals surface area contributed by atoms with E-state index in [4.69, 9.17) is 4.74 Å². The minimum absolute atomic E-state index is 0.0387. The number of rotatable bonds is 8. The highest BCUT2D eigenvalue weighted by molar-refractivity contribution is 7.89. The number of amides is 1. The van der Waals surface area contributed by atoms with Gasteiger partial charge in [-0.25, -0.2) is 8.42 Å². The third-order valence-corrected chi connectivity index (χ3v) is 7.45. The fourth-order valence-corrected chi connectivity index (χ4v) is 5.63. The smallest absolute Gasteiger partial charge is 0.244 e. The molecule has 1 saturated carbocycles. The molecule has 6 nitrogen and oxygen atoms in total. The molecule has 0 radical (unpaired) electrons. The van der Waals surface area contributed by atoms with Gasteiger partial charge in [0, 0.05) is 6.04 Å². The van der Waals surface area contributed by atoms with Crippen LogP contribution >= 0.6 is 0 Å². The van der Waals surface area contributed by atoms with E-state index in [9.17, 15) is 13.2 Å². The quantitative estimate of drug-likeness (QED) is 0.623. The molecule has 2 N–H and O–H groups in total. The highest BCUT2D eigenvalue weighted by atomic mass is 32.2. The first-order valence-corrected chi connectivity index (χ1v) is 12.9. The normalized spacial score (nSPS) is 16.6. The Labute approximate surface area is 191 Å². The number of nitrogens with one attached hydrogen (secondary N) is 2. The minimum atomic E-state index is -3.98. The maximum Gasteiger partial charge on any atom is 0.244 e. The summed E-state index contributed by atoms with van der Waals surface area (Å²) < 4.78 is 34.5. The zero-order valence-corrected chi connectivity index (χ0v) is 19.8. The van der Waals surface area contributed by atoms with Crippen molar-refractivity contribution in [1.82, 2.24) is 10.0 Å². The Hall–Kier alpha value is -2.38. The zero-order valence-electron chi connectivity index (χ0n) is 19.0. The molecule has 0 bridgehead atoms. The van der Waals surface area contributed by atoms with Gasteiger partial charge in [0.25, 0.3) is 0 Å². The summed E-state index contributed by atoms with van der Waals surface area (Å²) in [6, 6.07) is 13.6. The topological polar surface area (TPSA) is 84.5 Å². The Balaban J connectivity index is 1.83. The first-order chi connectivity index (χ1) is 15.4. The van der Waals surface area contributed by atoms with Gasteiger partial charge >= 0.3 is 0 Å².